The summed E-state index contributed by atoms with van der Waals surface area (Å²) in [4.78, 5) is 10.7. The van der Waals surface area contributed by atoms with Crippen LogP contribution in [0, 0.1) is 4.91 Å². The Hall–Kier alpha value is -2.05. The molecule has 5 nitrogen and oxygen atoms in total. The lowest BCUT2D eigenvalue weighted by Gasteiger charge is -2.10. The van der Waals surface area contributed by atoms with Crippen LogP contribution in [0.15, 0.2) is 58.6 Å². The van der Waals surface area contributed by atoms with Crippen LogP contribution in [-0.2, 0) is 11.1 Å². The highest BCUT2D eigenvalue weighted by molar-refractivity contribution is 7.79. The highest BCUT2D eigenvalue weighted by Gasteiger charge is 2.05. The molecule has 2 rings (SSSR count). The minimum Gasteiger partial charge on any atom is -0.768 e. The molecule has 1 unspecified atom stereocenters. The molecule has 0 heterocycles. The largest absolute Gasteiger partial charge is 0.768 e. The zero-order valence-electron chi connectivity index (χ0n) is 9.20. The van der Waals surface area contributed by atoms with Crippen molar-refractivity contribution in [3.63, 3.8) is 0 Å². The first-order chi connectivity index (χ1) is 8.70. The number of nitroso groups, excluding NO2 is 1. The fourth-order valence-electron chi connectivity index (χ4n) is 1.47. The van der Waals surface area contributed by atoms with Gasteiger partial charge in [-0.05, 0) is 46.6 Å². The molecule has 0 aliphatic heterocycles. The van der Waals surface area contributed by atoms with Gasteiger partial charge >= 0.3 is 0 Å². The molecular weight excluding hydrogens is 252 g/mol. The molecule has 0 aliphatic rings. The lowest BCUT2D eigenvalue weighted by molar-refractivity contribution is 0.537. The van der Waals surface area contributed by atoms with Crippen LogP contribution in [0.25, 0.3) is 0 Å². The van der Waals surface area contributed by atoms with Crippen molar-refractivity contribution < 1.29 is 8.76 Å². The fourth-order valence-corrected chi connectivity index (χ4v) is 1.86. The monoisotopic (exact) mass is 261 g/mol. The Morgan fingerprint density at radius 2 is 1.83 bits per heavy atom. The summed E-state index contributed by atoms with van der Waals surface area (Å²) >= 11 is -2.37. The van der Waals surface area contributed by atoms with E-state index in [-0.39, 0.29) is 10.6 Å². The van der Waals surface area contributed by atoms with E-state index < -0.39 is 11.1 Å². The summed E-state index contributed by atoms with van der Waals surface area (Å²) < 4.78 is 21.5. The van der Waals surface area contributed by atoms with E-state index in [0.29, 0.717) is 5.69 Å². The summed E-state index contributed by atoms with van der Waals surface area (Å²) in [7, 11) is 0. The topological polar surface area (TPSA) is 81.6 Å². The predicted octanol–water partition coefficient (Wildman–Crippen LogP) is 3.07. The SMILES string of the molecule is O=Nc1cc(S(=O)[O-])ccc1Nc1ccccc1. The molecule has 0 saturated heterocycles. The van der Waals surface area contributed by atoms with Crippen LogP contribution in [0.1, 0.15) is 0 Å². The summed E-state index contributed by atoms with van der Waals surface area (Å²) in [6.45, 7) is 0. The first-order valence-corrected chi connectivity index (χ1v) is 6.17. The number of nitrogens with zero attached hydrogens (tertiary/aromatic N) is 1. The maximum absolute atomic E-state index is 10.8. The Morgan fingerprint density at radius 3 is 2.44 bits per heavy atom. The van der Waals surface area contributed by atoms with Gasteiger partial charge in [-0.25, -0.2) is 0 Å². The average Bonchev–Trinajstić information content (AvgIpc) is 2.40. The van der Waals surface area contributed by atoms with Crippen LogP contribution in [0.3, 0.4) is 0 Å². The zero-order valence-corrected chi connectivity index (χ0v) is 10.0. The Morgan fingerprint density at radius 1 is 1.11 bits per heavy atom. The molecule has 0 aliphatic carbocycles. The maximum Gasteiger partial charge on any atom is 0.132 e. The average molecular weight is 261 g/mol. The van der Waals surface area contributed by atoms with Gasteiger partial charge in [-0.1, -0.05) is 18.2 Å². The third-order valence-electron chi connectivity index (χ3n) is 2.31. The van der Waals surface area contributed by atoms with E-state index >= 15 is 0 Å². The van der Waals surface area contributed by atoms with Crippen LogP contribution in [0.5, 0.6) is 0 Å². The molecule has 2 aromatic rings. The molecule has 0 radical (unpaired) electrons. The van der Waals surface area contributed by atoms with Crippen molar-refractivity contribution in [1.29, 1.82) is 0 Å². The predicted molar refractivity (Wildman–Crippen MR) is 68.8 cm³/mol. The second-order valence-electron chi connectivity index (χ2n) is 3.50. The summed E-state index contributed by atoms with van der Waals surface area (Å²) in [5.74, 6) is 0. The zero-order chi connectivity index (χ0) is 13.0. The molecule has 2 aromatic carbocycles. The molecule has 6 heteroatoms. The summed E-state index contributed by atoms with van der Waals surface area (Å²) in [6, 6.07) is 13.4. The van der Waals surface area contributed by atoms with Gasteiger partial charge in [0.15, 0.2) is 0 Å². The van der Waals surface area contributed by atoms with Gasteiger partial charge in [0.1, 0.15) is 5.69 Å². The number of benzene rings is 2. The van der Waals surface area contributed by atoms with E-state index in [2.05, 4.69) is 10.5 Å². The third-order valence-corrected chi connectivity index (χ3v) is 2.95. The van der Waals surface area contributed by atoms with Crippen LogP contribution in [0.4, 0.5) is 17.1 Å². The van der Waals surface area contributed by atoms with Gasteiger partial charge in [-0.15, -0.1) is 4.91 Å². The van der Waals surface area contributed by atoms with Gasteiger partial charge < -0.3 is 9.87 Å². The number of anilines is 2. The van der Waals surface area contributed by atoms with Gasteiger partial charge in [0.2, 0.25) is 0 Å². The van der Waals surface area contributed by atoms with Crippen molar-refractivity contribution in [3.8, 4) is 0 Å². The van der Waals surface area contributed by atoms with Crippen LogP contribution < -0.4 is 5.32 Å². The smallest absolute Gasteiger partial charge is 0.132 e. The van der Waals surface area contributed by atoms with Crippen molar-refractivity contribution in [1.82, 2.24) is 0 Å². The fraction of sp³-hybridized carbons (Fsp3) is 0. The summed E-state index contributed by atoms with van der Waals surface area (Å²) in [5.41, 5.74) is 1.31. The summed E-state index contributed by atoms with van der Waals surface area (Å²) in [6.07, 6.45) is 0. The lowest BCUT2D eigenvalue weighted by atomic mass is 10.2. The Balaban J connectivity index is 2.34. The van der Waals surface area contributed by atoms with Crippen molar-refractivity contribution >= 4 is 28.1 Å². The number of para-hydroxylation sites is 1. The van der Waals surface area contributed by atoms with Gasteiger partial charge in [-0.2, -0.15) is 0 Å². The lowest BCUT2D eigenvalue weighted by Crippen LogP contribution is -1.93. The Labute approximate surface area is 106 Å². The minimum atomic E-state index is -2.37. The van der Waals surface area contributed by atoms with Crippen LogP contribution >= 0.6 is 0 Å². The van der Waals surface area contributed by atoms with E-state index in [9.17, 15) is 13.7 Å². The van der Waals surface area contributed by atoms with Crippen molar-refractivity contribution in [2.24, 2.45) is 5.18 Å². The molecule has 0 bridgehead atoms. The second kappa shape index (κ2) is 5.52. The van der Waals surface area contributed by atoms with E-state index in [0.717, 1.165) is 5.69 Å². The molecule has 18 heavy (non-hydrogen) atoms. The first-order valence-electron chi connectivity index (χ1n) is 5.09. The minimum absolute atomic E-state index is 0.0308. The highest BCUT2D eigenvalue weighted by atomic mass is 32.2. The molecule has 0 amide bonds. The quantitative estimate of drug-likeness (QED) is 0.677. The van der Waals surface area contributed by atoms with E-state index in [1.165, 1.54) is 18.2 Å². The third kappa shape index (κ3) is 2.79. The van der Waals surface area contributed by atoms with Gasteiger partial charge in [-0.3, -0.25) is 4.21 Å². The van der Waals surface area contributed by atoms with Gasteiger partial charge in [0.05, 0.1) is 5.69 Å². The van der Waals surface area contributed by atoms with Crippen LogP contribution in [-0.4, -0.2) is 8.76 Å². The normalized spacial score (nSPS) is 11.8. The molecule has 0 saturated carbocycles. The second-order valence-corrected chi connectivity index (χ2v) is 4.44. The molecule has 0 spiro atoms. The van der Waals surface area contributed by atoms with E-state index in [1.54, 1.807) is 0 Å². The number of hydrogen-bond donors (Lipinski definition) is 1. The molecular formula is C12H9N2O3S-. The van der Waals surface area contributed by atoms with E-state index in [1.807, 2.05) is 30.3 Å². The molecule has 0 aromatic heterocycles. The van der Waals surface area contributed by atoms with Gasteiger partial charge in [0.25, 0.3) is 0 Å². The molecule has 1 N–H and O–H groups in total. The van der Waals surface area contributed by atoms with Crippen molar-refractivity contribution in [2.45, 2.75) is 4.90 Å². The molecule has 0 fully saturated rings. The standard InChI is InChI=1S/C12H10N2O3S/c15-14-12-8-10(18(16)17)6-7-11(12)13-9-4-2-1-3-5-9/h1-8,13H,(H,16,17)/p-1. The number of rotatable bonds is 4. The number of nitrogens with one attached hydrogen (secondary N) is 1. The first kappa shape index (κ1) is 12.4. The maximum atomic E-state index is 10.8. The molecule has 1 atom stereocenters. The Bertz CT molecular complexity index is 587. The number of hydrogen-bond acceptors (Lipinski definition) is 5. The summed E-state index contributed by atoms with van der Waals surface area (Å²) in [5, 5.41) is 5.82. The van der Waals surface area contributed by atoms with Crippen LogP contribution in [0.2, 0.25) is 0 Å². The van der Waals surface area contributed by atoms with Crippen molar-refractivity contribution in [3.05, 3.63) is 53.4 Å². The Kier molecular flexibility index (Phi) is 3.81. The highest BCUT2D eigenvalue weighted by Crippen LogP contribution is 2.29. The van der Waals surface area contributed by atoms with Gasteiger partial charge in [0, 0.05) is 10.6 Å². The van der Waals surface area contributed by atoms with E-state index in [4.69, 9.17) is 0 Å². The van der Waals surface area contributed by atoms with Crippen molar-refractivity contribution in [2.75, 3.05) is 5.32 Å². The molecule has 92 valence electrons.